The van der Waals surface area contributed by atoms with E-state index in [0.717, 1.165) is 0 Å². The molecule has 10 heteroatoms. The number of aromatic nitrogens is 3. The maximum absolute atomic E-state index is 12.5. The van der Waals surface area contributed by atoms with Crippen LogP contribution < -0.4 is 10.1 Å². The van der Waals surface area contributed by atoms with Crippen LogP contribution in [-0.4, -0.2) is 25.6 Å². The normalized spacial score (nSPS) is 10.5. The van der Waals surface area contributed by atoms with Crippen LogP contribution in [0, 0.1) is 10.1 Å². The summed E-state index contributed by atoms with van der Waals surface area (Å²) in [5.41, 5.74) is -0.0383. The Morgan fingerprint density at radius 2 is 2.07 bits per heavy atom. The van der Waals surface area contributed by atoms with Gasteiger partial charge in [0.25, 0.3) is 11.6 Å². The zero-order chi connectivity index (χ0) is 20.9. The third-order valence-electron chi connectivity index (χ3n) is 3.99. The number of benzene rings is 1. The number of carbonyl (C=O) groups excluding carboxylic acids is 1. The highest BCUT2D eigenvalue weighted by Gasteiger charge is 2.16. The molecule has 0 saturated carbocycles. The molecule has 1 N–H and O–H groups in total. The van der Waals surface area contributed by atoms with Gasteiger partial charge in [0, 0.05) is 30.7 Å². The van der Waals surface area contributed by atoms with Crippen molar-refractivity contribution in [3.05, 3.63) is 95.0 Å². The van der Waals surface area contributed by atoms with Gasteiger partial charge in [0.15, 0.2) is 5.76 Å². The second kappa shape index (κ2) is 8.27. The molecule has 1 aromatic carbocycles. The lowest BCUT2D eigenvalue weighted by molar-refractivity contribution is -0.384. The Balaban J connectivity index is 1.52. The number of rotatable bonds is 7. The fourth-order valence-corrected chi connectivity index (χ4v) is 2.69. The minimum Gasteiger partial charge on any atom is -0.455 e. The molecule has 3 aromatic heterocycles. The summed E-state index contributed by atoms with van der Waals surface area (Å²) in [7, 11) is 0. The Bertz CT molecular complexity index is 1170. The number of hydrogen-bond donors (Lipinski definition) is 1. The highest BCUT2D eigenvalue weighted by Crippen LogP contribution is 2.29. The molecule has 0 aliphatic rings. The predicted octanol–water partition coefficient (Wildman–Crippen LogP) is 3.87. The van der Waals surface area contributed by atoms with E-state index in [0.29, 0.717) is 18.1 Å². The fraction of sp³-hybridized carbons (Fsp3) is 0.0500. The number of non-ortho nitro benzene ring substituents is 1. The summed E-state index contributed by atoms with van der Waals surface area (Å²) < 4.78 is 12.8. The molecule has 4 rings (SSSR count). The van der Waals surface area contributed by atoms with Crippen molar-refractivity contribution in [1.29, 1.82) is 0 Å². The van der Waals surface area contributed by atoms with Crippen LogP contribution in [0.1, 0.15) is 16.3 Å². The highest BCUT2D eigenvalue weighted by atomic mass is 16.6. The van der Waals surface area contributed by atoms with Gasteiger partial charge in [-0.2, -0.15) is 5.10 Å². The molecule has 3 heterocycles. The van der Waals surface area contributed by atoms with Gasteiger partial charge < -0.3 is 14.5 Å². The number of nitrogens with one attached hydrogen (secondary N) is 1. The molecule has 0 fully saturated rings. The predicted molar refractivity (Wildman–Crippen MR) is 105 cm³/mol. The molecule has 0 aliphatic carbocycles. The van der Waals surface area contributed by atoms with E-state index in [-0.39, 0.29) is 22.9 Å². The SMILES string of the molecule is O=C(Nc1cc(Oc2cccnc2)cc([N+](=O)[O-])c1)c1ccc(Cn2cccn2)o1. The standard InChI is InChI=1S/C20H15N5O5/c26-20(19-5-4-17(30-19)13-24-8-2-7-22-24)23-14-9-15(25(27)28)11-18(10-14)29-16-3-1-6-21-12-16/h1-12H,13H2,(H,23,26). The summed E-state index contributed by atoms with van der Waals surface area (Å²) in [6, 6.07) is 12.3. The van der Waals surface area contributed by atoms with Gasteiger partial charge >= 0.3 is 0 Å². The summed E-state index contributed by atoms with van der Waals surface area (Å²) in [5.74, 6) is 0.660. The average molecular weight is 405 g/mol. The third-order valence-corrected chi connectivity index (χ3v) is 3.99. The van der Waals surface area contributed by atoms with Gasteiger partial charge in [-0.25, -0.2) is 0 Å². The second-order valence-electron chi connectivity index (χ2n) is 6.19. The first kappa shape index (κ1) is 18.9. The Morgan fingerprint density at radius 1 is 1.17 bits per heavy atom. The fourth-order valence-electron chi connectivity index (χ4n) is 2.69. The van der Waals surface area contributed by atoms with Crippen LogP contribution >= 0.6 is 0 Å². The smallest absolute Gasteiger partial charge is 0.291 e. The molecule has 4 aromatic rings. The summed E-state index contributed by atoms with van der Waals surface area (Å²) in [4.78, 5) is 27.2. The van der Waals surface area contributed by atoms with Crippen molar-refractivity contribution in [2.75, 3.05) is 5.32 Å². The Hall–Kier alpha value is -4.47. The number of amides is 1. The summed E-state index contributed by atoms with van der Waals surface area (Å²) in [6.07, 6.45) is 6.47. The van der Waals surface area contributed by atoms with Gasteiger partial charge in [0.2, 0.25) is 0 Å². The monoisotopic (exact) mass is 405 g/mol. The van der Waals surface area contributed by atoms with Crippen molar-refractivity contribution < 1.29 is 18.9 Å². The van der Waals surface area contributed by atoms with Gasteiger partial charge in [0.1, 0.15) is 17.3 Å². The minimum absolute atomic E-state index is 0.0680. The highest BCUT2D eigenvalue weighted by molar-refractivity contribution is 6.02. The van der Waals surface area contributed by atoms with Gasteiger partial charge in [-0.1, -0.05) is 0 Å². The summed E-state index contributed by atoms with van der Waals surface area (Å²) in [6.45, 7) is 0.375. The largest absolute Gasteiger partial charge is 0.455 e. The maximum Gasteiger partial charge on any atom is 0.291 e. The van der Waals surface area contributed by atoms with Crippen LogP contribution in [0.2, 0.25) is 0 Å². The van der Waals surface area contributed by atoms with Crippen LogP contribution in [0.25, 0.3) is 0 Å². The lowest BCUT2D eigenvalue weighted by Crippen LogP contribution is -2.11. The maximum atomic E-state index is 12.5. The van der Waals surface area contributed by atoms with Crippen molar-refractivity contribution in [1.82, 2.24) is 14.8 Å². The third kappa shape index (κ3) is 4.50. The van der Waals surface area contributed by atoms with Gasteiger partial charge in [-0.3, -0.25) is 24.6 Å². The molecule has 0 aliphatic heterocycles. The van der Waals surface area contributed by atoms with Crippen LogP contribution in [0.3, 0.4) is 0 Å². The number of anilines is 1. The molecule has 30 heavy (non-hydrogen) atoms. The van der Waals surface area contributed by atoms with Crippen LogP contribution in [0.15, 0.2) is 77.7 Å². The van der Waals surface area contributed by atoms with Crippen LogP contribution in [-0.2, 0) is 6.54 Å². The average Bonchev–Trinajstić information content (AvgIpc) is 3.41. The number of furan rings is 1. The lowest BCUT2D eigenvalue weighted by Gasteiger charge is -2.08. The second-order valence-corrected chi connectivity index (χ2v) is 6.19. The summed E-state index contributed by atoms with van der Waals surface area (Å²) in [5, 5.41) is 17.9. The van der Waals surface area contributed by atoms with E-state index in [9.17, 15) is 14.9 Å². The molecule has 10 nitrogen and oxygen atoms in total. The Morgan fingerprint density at radius 3 is 2.80 bits per heavy atom. The topological polar surface area (TPSA) is 125 Å². The number of hydrogen-bond acceptors (Lipinski definition) is 7. The van der Waals surface area contributed by atoms with Crippen molar-refractivity contribution in [3.63, 3.8) is 0 Å². The van der Waals surface area contributed by atoms with E-state index in [1.165, 1.54) is 30.5 Å². The zero-order valence-corrected chi connectivity index (χ0v) is 15.5. The van der Waals surface area contributed by atoms with Crippen molar-refractivity contribution in [3.8, 4) is 11.5 Å². The van der Waals surface area contributed by atoms with Crippen molar-refractivity contribution >= 4 is 17.3 Å². The minimum atomic E-state index is -0.569. The molecule has 1 amide bonds. The molecule has 0 atom stereocenters. The molecule has 0 bridgehead atoms. The molecule has 0 spiro atoms. The quantitative estimate of drug-likeness (QED) is 0.365. The van der Waals surface area contributed by atoms with Gasteiger partial charge in [-0.15, -0.1) is 0 Å². The first-order valence-corrected chi connectivity index (χ1v) is 8.82. The van der Waals surface area contributed by atoms with E-state index >= 15 is 0 Å². The number of ether oxygens (including phenoxy) is 1. The number of nitro benzene ring substituents is 1. The first-order chi connectivity index (χ1) is 14.6. The van der Waals surface area contributed by atoms with E-state index in [1.54, 1.807) is 47.5 Å². The summed E-state index contributed by atoms with van der Waals surface area (Å²) >= 11 is 0. The van der Waals surface area contributed by atoms with Crippen LogP contribution in [0.4, 0.5) is 11.4 Å². The molecular formula is C20H15N5O5. The van der Waals surface area contributed by atoms with E-state index in [4.69, 9.17) is 9.15 Å². The first-order valence-electron chi connectivity index (χ1n) is 8.82. The molecule has 0 unspecified atom stereocenters. The van der Waals surface area contributed by atoms with E-state index in [2.05, 4.69) is 15.4 Å². The van der Waals surface area contributed by atoms with E-state index < -0.39 is 10.8 Å². The van der Waals surface area contributed by atoms with E-state index in [1.807, 2.05) is 0 Å². The Labute approximate surface area is 169 Å². The molecule has 0 radical (unpaired) electrons. The zero-order valence-electron chi connectivity index (χ0n) is 15.5. The van der Waals surface area contributed by atoms with Gasteiger partial charge in [-0.05, 0) is 30.3 Å². The van der Waals surface area contributed by atoms with Crippen molar-refractivity contribution in [2.45, 2.75) is 6.54 Å². The van der Waals surface area contributed by atoms with Crippen molar-refractivity contribution in [2.24, 2.45) is 0 Å². The molecular weight excluding hydrogens is 390 g/mol. The molecule has 150 valence electrons. The lowest BCUT2D eigenvalue weighted by atomic mass is 10.2. The molecule has 0 saturated heterocycles. The van der Waals surface area contributed by atoms with Gasteiger partial charge in [0.05, 0.1) is 29.4 Å². The number of pyridine rings is 1. The number of nitro groups is 1. The van der Waals surface area contributed by atoms with Crippen LogP contribution in [0.5, 0.6) is 11.5 Å². The number of carbonyl (C=O) groups is 1. The number of nitrogens with zero attached hydrogens (tertiary/aromatic N) is 4. The Kier molecular flexibility index (Phi) is 5.20.